The molecule has 4 nitrogen and oxygen atoms in total. The summed E-state index contributed by atoms with van der Waals surface area (Å²) in [5, 5.41) is 1.05. The number of benzene rings is 1. The Kier molecular flexibility index (Phi) is 5.56. The summed E-state index contributed by atoms with van der Waals surface area (Å²) in [6, 6.07) is 6.09. The van der Waals surface area contributed by atoms with Gasteiger partial charge in [-0.1, -0.05) is 25.3 Å². The molecule has 1 aromatic heterocycles. The Balaban J connectivity index is 2.18. The molecule has 114 valence electrons. The minimum atomic E-state index is -0.293. The van der Waals surface area contributed by atoms with Gasteiger partial charge in [0.25, 0.3) is 0 Å². The van der Waals surface area contributed by atoms with Crippen molar-refractivity contribution in [2.45, 2.75) is 33.6 Å². The van der Waals surface area contributed by atoms with Crippen molar-refractivity contribution in [3.8, 4) is 0 Å². The first-order chi connectivity index (χ1) is 10.2. The van der Waals surface area contributed by atoms with Crippen molar-refractivity contribution in [1.29, 1.82) is 0 Å². The summed E-state index contributed by atoms with van der Waals surface area (Å²) in [5.74, 6) is 0.799. The first-order valence-electron chi connectivity index (χ1n) is 7.34. The van der Waals surface area contributed by atoms with Gasteiger partial charge in [0.05, 0.1) is 6.61 Å². The van der Waals surface area contributed by atoms with Gasteiger partial charge in [0, 0.05) is 22.3 Å². The highest BCUT2D eigenvalue weighted by Crippen LogP contribution is 2.26. The number of esters is 1. The van der Waals surface area contributed by atoms with E-state index in [1.54, 1.807) is 11.9 Å². The number of nitrogens with one attached hydrogen (secondary N) is 2. The number of aromatic nitrogens is 1. The van der Waals surface area contributed by atoms with Crippen LogP contribution in [0.15, 0.2) is 18.2 Å². The van der Waals surface area contributed by atoms with Crippen molar-refractivity contribution >= 4 is 34.5 Å². The van der Waals surface area contributed by atoms with E-state index in [4.69, 9.17) is 4.74 Å². The van der Waals surface area contributed by atoms with Crippen LogP contribution in [0, 0.1) is 6.92 Å². The number of ether oxygens (including phenoxy) is 1. The number of carbonyl (C=O) groups excluding carboxylic acids is 1. The lowest BCUT2D eigenvalue weighted by Gasteiger charge is -2.05. The summed E-state index contributed by atoms with van der Waals surface area (Å²) >= 11 is 1.71. The molecule has 0 fully saturated rings. The third-order valence-electron chi connectivity index (χ3n) is 3.33. The summed E-state index contributed by atoms with van der Waals surface area (Å²) in [5.41, 5.74) is 3.49. The lowest BCUT2D eigenvalue weighted by molar-refractivity contribution is 0.0520. The molecule has 0 unspecified atom stereocenters. The zero-order valence-electron chi connectivity index (χ0n) is 12.8. The average molecular weight is 306 g/mol. The predicted molar refractivity (Wildman–Crippen MR) is 90.0 cm³/mol. The van der Waals surface area contributed by atoms with Gasteiger partial charge < -0.3 is 14.4 Å². The van der Waals surface area contributed by atoms with Crippen molar-refractivity contribution in [2.24, 2.45) is 0 Å². The Morgan fingerprint density at radius 1 is 1.38 bits per heavy atom. The molecule has 1 heterocycles. The molecule has 0 amide bonds. The number of anilines is 1. The van der Waals surface area contributed by atoms with E-state index in [1.807, 2.05) is 26.0 Å². The summed E-state index contributed by atoms with van der Waals surface area (Å²) in [6.45, 7) is 6.33. The van der Waals surface area contributed by atoms with E-state index in [9.17, 15) is 4.79 Å². The number of H-pyrrole nitrogens is 1. The van der Waals surface area contributed by atoms with Gasteiger partial charge in [-0.2, -0.15) is 0 Å². The SMILES string of the molecule is CCCCSNc1ccc2[nH]c(C(=O)OCC)c(C)c2c1. The highest BCUT2D eigenvalue weighted by atomic mass is 32.2. The Bertz CT molecular complexity index is 622. The smallest absolute Gasteiger partial charge is 0.355 e. The van der Waals surface area contributed by atoms with Crippen LogP contribution in [0.4, 0.5) is 5.69 Å². The molecule has 0 radical (unpaired) electrons. The largest absolute Gasteiger partial charge is 0.461 e. The lowest BCUT2D eigenvalue weighted by atomic mass is 10.1. The molecular formula is C16H22N2O2S. The topological polar surface area (TPSA) is 54.1 Å². The Morgan fingerprint density at radius 3 is 2.90 bits per heavy atom. The normalized spacial score (nSPS) is 10.8. The summed E-state index contributed by atoms with van der Waals surface area (Å²) < 4.78 is 8.42. The summed E-state index contributed by atoms with van der Waals surface area (Å²) in [7, 11) is 0. The van der Waals surface area contributed by atoms with Gasteiger partial charge in [0.1, 0.15) is 5.69 Å². The molecule has 0 aliphatic rings. The van der Waals surface area contributed by atoms with Crippen LogP contribution < -0.4 is 4.72 Å². The standard InChI is InChI=1S/C16H22N2O2S/c1-4-6-9-21-18-12-7-8-14-13(10-12)11(3)15(17-14)16(19)20-5-2/h7-8,10,17-18H,4-6,9H2,1-3H3. The van der Waals surface area contributed by atoms with Gasteiger partial charge in [-0.3, -0.25) is 0 Å². The number of fused-ring (bicyclic) bond motifs is 1. The van der Waals surface area contributed by atoms with E-state index in [1.165, 1.54) is 12.8 Å². The highest BCUT2D eigenvalue weighted by molar-refractivity contribution is 8.00. The van der Waals surface area contributed by atoms with Crippen molar-refractivity contribution in [2.75, 3.05) is 17.1 Å². The number of aromatic amines is 1. The molecular weight excluding hydrogens is 284 g/mol. The molecule has 0 saturated carbocycles. The minimum absolute atomic E-state index is 0.293. The van der Waals surface area contributed by atoms with Gasteiger partial charge in [-0.25, -0.2) is 4.79 Å². The van der Waals surface area contributed by atoms with Crippen LogP contribution in [-0.4, -0.2) is 23.3 Å². The predicted octanol–water partition coefficient (Wildman–Crippen LogP) is 4.51. The van der Waals surface area contributed by atoms with Crippen LogP contribution in [0.25, 0.3) is 10.9 Å². The summed E-state index contributed by atoms with van der Waals surface area (Å²) in [4.78, 5) is 15.0. The number of aryl methyl sites for hydroxylation is 1. The molecule has 0 saturated heterocycles. The van der Waals surface area contributed by atoms with Crippen LogP contribution in [0.1, 0.15) is 42.7 Å². The first kappa shape index (κ1) is 15.8. The van der Waals surface area contributed by atoms with Crippen LogP contribution in [0.5, 0.6) is 0 Å². The lowest BCUT2D eigenvalue weighted by Crippen LogP contribution is -2.06. The van der Waals surface area contributed by atoms with Crippen LogP contribution >= 0.6 is 11.9 Å². The molecule has 0 aliphatic heterocycles. The average Bonchev–Trinajstić information content (AvgIpc) is 2.81. The molecule has 21 heavy (non-hydrogen) atoms. The molecule has 0 aliphatic carbocycles. The zero-order chi connectivity index (χ0) is 15.2. The molecule has 2 aromatic rings. The number of rotatable bonds is 7. The van der Waals surface area contributed by atoms with Gasteiger partial charge >= 0.3 is 5.97 Å². The van der Waals surface area contributed by atoms with E-state index in [0.717, 1.165) is 27.9 Å². The van der Waals surface area contributed by atoms with E-state index in [0.29, 0.717) is 12.3 Å². The van der Waals surface area contributed by atoms with E-state index >= 15 is 0 Å². The van der Waals surface area contributed by atoms with Crippen molar-refractivity contribution in [1.82, 2.24) is 4.98 Å². The maximum absolute atomic E-state index is 11.9. The number of hydrogen-bond donors (Lipinski definition) is 2. The van der Waals surface area contributed by atoms with Crippen LogP contribution in [0.2, 0.25) is 0 Å². The zero-order valence-corrected chi connectivity index (χ0v) is 13.6. The first-order valence-corrected chi connectivity index (χ1v) is 8.33. The Morgan fingerprint density at radius 2 is 2.19 bits per heavy atom. The van der Waals surface area contributed by atoms with Crippen molar-refractivity contribution in [3.05, 3.63) is 29.5 Å². The number of unbranched alkanes of at least 4 members (excludes halogenated alkanes) is 1. The monoisotopic (exact) mass is 306 g/mol. The molecule has 5 heteroatoms. The maximum atomic E-state index is 11.9. The number of hydrogen-bond acceptors (Lipinski definition) is 4. The van der Waals surface area contributed by atoms with Crippen molar-refractivity contribution < 1.29 is 9.53 Å². The van der Waals surface area contributed by atoms with Gasteiger partial charge in [-0.05, 0) is 44.0 Å². The minimum Gasteiger partial charge on any atom is -0.461 e. The Hall–Kier alpha value is -1.62. The molecule has 0 spiro atoms. The van der Waals surface area contributed by atoms with E-state index < -0.39 is 0 Å². The Labute approximate surface area is 129 Å². The highest BCUT2D eigenvalue weighted by Gasteiger charge is 2.15. The second-order valence-corrected chi connectivity index (χ2v) is 5.81. The third-order valence-corrected chi connectivity index (χ3v) is 4.20. The van der Waals surface area contributed by atoms with Crippen LogP contribution in [-0.2, 0) is 4.74 Å². The van der Waals surface area contributed by atoms with Crippen molar-refractivity contribution in [3.63, 3.8) is 0 Å². The second kappa shape index (κ2) is 7.41. The van der Waals surface area contributed by atoms with E-state index in [2.05, 4.69) is 22.7 Å². The molecule has 2 rings (SSSR count). The fourth-order valence-corrected chi connectivity index (χ4v) is 2.98. The molecule has 2 N–H and O–H groups in total. The fourth-order valence-electron chi connectivity index (χ4n) is 2.15. The van der Waals surface area contributed by atoms with Gasteiger partial charge in [-0.15, -0.1) is 0 Å². The van der Waals surface area contributed by atoms with Gasteiger partial charge in [0.15, 0.2) is 0 Å². The van der Waals surface area contributed by atoms with E-state index in [-0.39, 0.29) is 5.97 Å². The molecule has 0 bridgehead atoms. The number of carbonyl (C=O) groups is 1. The molecule has 0 atom stereocenters. The quantitative estimate of drug-likeness (QED) is 0.449. The second-order valence-electron chi connectivity index (χ2n) is 4.91. The fraction of sp³-hybridized carbons (Fsp3) is 0.438. The maximum Gasteiger partial charge on any atom is 0.355 e. The third kappa shape index (κ3) is 3.73. The molecule has 1 aromatic carbocycles. The summed E-state index contributed by atoms with van der Waals surface area (Å²) in [6.07, 6.45) is 2.41. The van der Waals surface area contributed by atoms with Gasteiger partial charge in [0.2, 0.25) is 0 Å². The van der Waals surface area contributed by atoms with Crippen LogP contribution in [0.3, 0.4) is 0 Å².